The fourth-order valence-corrected chi connectivity index (χ4v) is 5.24. The van der Waals surface area contributed by atoms with Crippen molar-refractivity contribution in [2.75, 3.05) is 30.8 Å². The smallest absolute Gasteiger partial charge is 0.415 e. The minimum Gasteiger partial charge on any atom is -0.493 e. The first-order valence-electron chi connectivity index (χ1n) is 15.0. The number of nitrogens with one attached hydrogen (secondary N) is 2. The molecule has 9 nitrogen and oxygen atoms in total. The van der Waals surface area contributed by atoms with Gasteiger partial charge in [-0.2, -0.15) is 5.10 Å². The van der Waals surface area contributed by atoms with Crippen LogP contribution in [0.15, 0.2) is 78.9 Å². The summed E-state index contributed by atoms with van der Waals surface area (Å²) in [6.07, 6.45) is 2.36. The van der Waals surface area contributed by atoms with E-state index in [-0.39, 0.29) is 17.5 Å². The van der Waals surface area contributed by atoms with Crippen LogP contribution in [0.4, 0.5) is 21.1 Å². The molecule has 44 heavy (non-hydrogen) atoms. The Morgan fingerprint density at radius 1 is 0.909 bits per heavy atom. The fraction of sp³-hybridized carbons (Fsp3) is 0.343. The molecule has 1 saturated heterocycles. The van der Waals surface area contributed by atoms with Gasteiger partial charge in [0.15, 0.2) is 11.5 Å². The van der Waals surface area contributed by atoms with E-state index in [1.54, 1.807) is 28.8 Å². The van der Waals surface area contributed by atoms with Gasteiger partial charge in [-0.25, -0.2) is 14.3 Å². The largest absolute Gasteiger partial charge is 0.493 e. The summed E-state index contributed by atoms with van der Waals surface area (Å²) < 4.78 is 12.6. The molecule has 0 bridgehead atoms. The van der Waals surface area contributed by atoms with Gasteiger partial charge in [0, 0.05) is 30.3 Å². The van der Waals surface area contributed by atoms with E-state index in [0.29, 0.717) is 42.0 Å². The van der Waals surface area contributed by atoms with Crippen molar-refractivity contribution in [3.05, 3.63) is 95.7 Å². The van der Waals surface area contributed by atoms with Crippen LogP contribution in [0, 0.1) is 12.8 Å². The van der Waals surface area contributed by atoms with E-state index in [4.69, 9.17) is 14.6 Å². The van der Waals surface area contributed by atoms with Crippen molar-refractivity contribution < 1.29 is 19.1 Å². The average molecular weight is 596 g/mol. The van der Waals surface area contributed by atoms with E-state index < -0.39 is 0 Å². The summed E-state index contributed by atoms with van der Waals surface area (Å²) in [6, 6.07) is 24.7. The number of aromatic nitrogens is 2. The Hall–Kier alpha value is -4.79. The molecule has 5 rings (SSSR count). The Kier molecular flexibility index (Phi) is 9.23. The van der Waals surface area contributed by atoms with Crippen molar-refractivity contribution in [1.82, 2.24) is 14.7 Å². The number of para-hydroxylation sites is 2. The first-order valence-corrected chi connectivity index (χ1v) is 15.0. The van der Waals surface area contributed by atoms with Gasteiger partial charge >= 0.3 is 12.1 Å². The van der Waals surface area contributed by atoms with E-state index >= 15 is 0 Å². The molecule has 0 unspecified atom stereocenters. The minimum atomic E-state index is -0.349. The van der Waals surface area contributed by atoms with Crippen molar-refractivity contribution >= 4 is 23.6 Å². The maximum atomic E-state index is 13.0. The molecule has 3 aromatic carbocycles. The Balaban J connectivity index is 1.14. The number of hydrogen-bond acceptors (Lipinski definition) is 5. The van der Waals surface area contributed by atoms with Crippen molar-refractivity contribution in [3.63, 3.8) is 0 Å². The van der Waals surface area contributed by atoms with Gasteiger partial charge in [-0.05, 0) is 74.1 Å². The highest BCUT2D eigenvalue weighted by Crippen LogP contribution is 2.29. The van der Waals surface area contributed by atoms with Gasteiger partial charge in [-0.3, -0.25) is 5.32 Å². The molecule has 2 N–H and O–H groups in total. The van der Waals surface area contributed by atoms with Crippen LogP contribution in [0.5, 0.6) is 11.5 Å². The summed E-state index contributed by atoms with van der Waals surface area (Å²) >= 11 is 0. The van der Waals surface area contributed by atoms with Crippen molar-refractivity contribution in [3.8, 4) is 17.2 Å². The predicted octanol–water partition coefficient (Wildman–Crippen LogP) is 7.58. The molecule has 0 atom stereocenters. The van der Waals surface area contributed by atoms with Gasteiger partial charge in [-0.15, -0.1) is 0 Å². The number of carbonyl (C=O) groups excluding carboxylic acids is 2. The standard InChI is InChI=1S/C35H41N5O4/c1-24-10-16-28(17-11-24)40-32(23-31(38-40)35(2,3)4)37-33(41)36-27-14-12-25(13-15-27)22-26-18-20-39(21-19-26)34(42)44-30-9-7-6-8-29(30)43-5/h6-17,23,26H,18-22H2,1-5H3,(H2,36,37,41). The lowest BCUT2D eigenvalue weighted by Crippen LogP contribution is -2.40. The molecule has 0 spiro atoms. The monoisotopic (exact) mass is 595 g/mol. The Morgan fingerprint density at radius 3 is 2.20 bits per heavy atom. The zero-order chi connectivity index (χ0) is 31.3. The molecule has 9 heteroatoms. The number of aryl methyl sites for hydroxylation is 1. The maximum Gasteiger partial charge on any atom is 0.415 e. The maximum absolute atomic E-state index is 13.0. The molecular weight excluding hydrogens is 554 g/mol. The molecule has 3 amide bonds. The average Bonchev–Trinajstić information content (AvgIpc) is 3.43. The first kappa shape index (κ1) is 30.7. The van der Waals surface area contributed by atoms with E-state index in [0.717, 1.165) is 36.2 Å². The summed E-state index contributed by atoms with van der Waals surface area (Å²) in [5.74, 6) is 2.03. The van der Waals surface area contributed by atoms with Crippen LogP contribution < -0.4 is 20.1 Å². The third-order valence-electron chi connectivity index (χ3n) is 7.87. The SMILES string of the molecule is COc1ccccc1OC(=O)N1CCC(Cc2ccc(NC(=O)Nc3cc(C(C)(C)C)nn3-c3ccc(C)cc3)cc2)CC1. The summed E-state index contributed by atoms with van der Waals surface area (Å²) in [5, 5.41) is 10.7. The number of anilines is 2. The number of piperidine rings is 1. The van der Waals surface area contributed by atoms with Crippen LogP contribution in [0.2, 0.25) is 0 Å². The highest BCUT2D eigenvalue weighted by Gasteiger charge is 2.25. The summed E-state index contributed by atoms with van der Waals surface area (Å²) in [5.41, 5.74) is 4.65. The van der Waals surface area contributed by atoms with Crippen molar-refractivity contribution in [2.45, 2.75) is 52.4 Å². The summed E-state index contributed by atoms with van der Waals surface area (Å²) in [4.78, 5) is 27.5. The summed E-state index contributed by atoms with van der Waals surface area (Å²) in [6.45, 7) is 9.63. The highest BCUT2D eigenvalue weighted by molar-refractivity contribution is 5.99. The summed E-state index contributed by atoms with van der Waals surface area (Å²) in [7, 11) is 1.56. The zero-order valence-electron chi connectivity index (χ0n) is 26.1. The molecule has 4 aromatic rings. The Labute approximate surface area is 259 Å². The molecule has 2 heterocycles. The number of likely N-dealkylation sites (tertiary alicyclic amines) is 1. The van der Waals surface area contributed by atoms with Crippen LogP contribution in [0.3, 0.4) is 0 Å². The fourth-order valence-electron chi connectivity index (χ4n) is 5.24. The lowest BCUT2D eigenvalue weighted by Gasteiger charge is -2.31. The molecule has 1 aliphatic rings. The molecule has 1 aliphatic heterocycles. The van der Waals surface area contributed by atoms with Gasteiger partial charge < -0.3 is 19.7 Å². The Morgan fingerprint density at radius 2 is 1.57 bits per heavy atom. The number of methoxy groups -OCH3 is 1. The second-order valence-electron chi connectivity index (χ2n) is 12.3. The van der Waals surface area contributed by atoms with Gasteiger partial charge in [-0.1, -0.05) is 62.7 Å². The number of urea groups is 1. The van der Waals surface area contributed by atoms with E-state index in [2.05, 4.69) is 31.4 Å². The number of rotatable bonds is 7. The Bertz CT molecular complexity index is 1580. The van der Waals surface area contributed by atoms with E-state index in [1.807, 2.05) is 73.7 Å². The van der Waals surface area contributed by atoms with Crippen LogP contribution in [-0.4, -0.2) is 47.0 Å². The second-order valence-corrected chi connectivity index (χ2v) is 12.3. The zero-order valence-corrected chi connectivity index (χ0v) is 26.1. The molecule has 0 saturated carbocycles. The van der Waals surface area contributed by atoms with Crippen molar-refractivity contribution in [2.24, 2.45) is 5.92 Å². The normalized spacial score (nSPS) is 13.8. The molecule has 230 valence electrons. The van der Waals surface area contributed by atoms with Gasteiger partial charge in [0.25, 0.3) is 0 Å². The third-order valence-corrected chi connectivity index (χ3v) is 7.87. The lowest BCUT2D eigenvalue weighted by molar-refractivity contribution is 0.129. The van der Waals surface area contributed by atoms with Gasteiger partial charge in [0.1, 0.15) is 5.82 Å². The molecular formula is C35H41N5O4. The van der Waals surface area contributed by atoms with Crippen LogP contribution in [-0.2, 0) is 11.8 Å². The van der Waals surface area contributed by atoms with Crippen LogP contribution in [0.25, 0.3) is 5.69 Å². The number of ether oxygens (including phenoxy) is 2. The van der Waals surface area contributed by atoms with Crippen LogP contribution >= 0.6 is 0 Å². The lowest BCUT2D eigenvalue weighted by atomic mass is 9.90. The number of nitrogens with zero attached hydrogens (tertiary/aromatic N) is 3. The number of hydrogen-bond donors (Lipinski definition) is 2. The molecule has 1 aromatic heterocycles. The number of carbonyl (C=O) groups is 2. The number of benzene rings is 3. The molecule has 1 fully saturated rings. The quantitative estimate of drug-likeness (QED) is 0.230. The third kappa shape index (κ3) is 7.58. The van der Waals surface area contributed by atoms with Gasteiger partial charge in [0.05, 0.1) is 18.5 Å². The van der Waals surface area contributed by atoms with Gasteiger partial charge in [0.2, 0.25) is 0 Å². The van der Waals surface area contributed by atoms with E-state index in [1.165, 1.54) is 5.56 Å². The predicted molar refractivity (Wildman–Crippen MR) is 173 cm³/mol. The second kappa shape index (κ2) is 13.2. The number of amides is 3. The first-order chi connectivity index (χ1) is 21.1. The molecule has 0 aliphatic carbocycles. The highest BCUT2D eigenvalue weighted by atomic mass is 16.6. The van der Waals surface area contributed by atoms with E-state index in [9.17, 15) is 9.59 Å². The van der Waals surface area contributed by atoms with Crippen LogP contribution in [0.1, 0.15) is 50.4 Å². The topological polar surface area (TPSA) is 97.7 Å². The van der Waals surface area contributed by atoms with Crippen molar-refractivity contribution in [1.29, 1.82) is 0 Å². The molecule has 0 radical (unpaired) electrons. The minimum absolute atomic E-state index is 0.172.